The highest BCUT2D eigenvalue weighted by Crippen LogP contribution is 2.37. The number of hydrogen-bond acceptors (Lipinski definition) is 6. The summed E-state index contributed by atoms with van der Waals surface area (Å²) in [7, 11) is -3.29. The summed E-state index contributed by atoms with van der Waals surface area (Å²) in [5.41, 5.74) is 2.45. The van der Waals surface area contributed by atoms with Crippen LogP contribution < -0.4 is 16.0 Å². The summed E-state index contributed by atoms with van der Waals surface area (Å²) >= 11 is 0. The van der Waals surface area contributed by atoms with Crippen LogP contribution in [0.3, 0.4) is 0 Å². The number of carbonyl (C=O) groups is 2. The Bertz CT molecular complexity index is 1400. The first kappa shape index (κ1) is 30.4. The van der Waals surface area contributed by atoms with E-state index >= 15 is 0 Å². The molecule has 1 atom stereocenters. The Morgan fingerprint density at radius 2 is 1.85 bits per heavy atom. The van der Waals surface area contributed by atoms with Gasteiger partial charge in [0, 0.05) is 49.0 Å². The lowest BCUT2D eigenvalue weighted by molar-refractivity contribution is -0.138. The average Bonchev–Trinajstić information content (AvgIpc) is 2.97. The molecule has 0 bridgehead atoms. The molecule has 1 unspecified atom stereocenters. The molecule has 39 heavy (non-hydrogen) atoms. The van der Waals surface area contributed by atoms with E-state index in [-0.39, 0.29) is 42.3 Å². The monoisotopic (exact) mass is 575 g/mol. The molecule has 1 saturated heterocycles. The Morgan fingerprint density at radius 1 is 1.18 bits per heavy atom. The summed E-state index contributed by atoms with van der Waals surface area (Å²) in [4.78, 5) is 31.0. The number of anilines is 2. The summed E-state index contributed by atoms with van der Waals surface area (Å²) in [5.74, 6) is -4.84. The van der Waals surface area contributed by atoms with Crippen LogP contribution in [-0.4, -0.2) is 51.8 Å². The Morgan fingerprint density at radius 3 is 2.46 bits per heavy atom. The number of nitrogens with zero attached hydrogens (tertiary/aromatic N) is 3. The van der Waals surface area contributed by atoms with Gasteiger partial charge in [0.1, 0.15) is 5.82 Å². The molecule has 8 nitrogen and oxygen atoms in total. The van der Waals surface area contributed by atoms with Crippen LogP contribution in [0, 0.1) is 6.92 Å². The summed E-state index contributed by atoms with van der Waals surface area (Å²) < 4.78 is 85.8. The van der Waals surface area contributed by atoms with E-state index in [4.69, 9.17) is 5.73 Å². The largest absolute Gasteiger partial charge is 0.418 e. The molecule has 0 radical (unpaired) electrons. The van der Waals surface area contributed by atoms with Crippen molar-refractivity contribution in [3.63, 3.8) is 0 Å². The molecule has 0 aliphatic carbocycles. The second kappa shape index (κ2) is 10.8. The molecule has 0 saturated carbocycles. The van der Waals surface area contributed by atoms with E-state index in [0.29, 0.717) is 6.20 Å². The molecule has 0 spiro atoms. The lowest BCUT2D eigenvalue weighted by atomic mass is 10.0. The zero-order valence-corrected chi connectivity index (χ0v) is 22.7. The van der Waals surface area contributed by atoms with E-state index in [0.717, 1.165) is 6.92 Å². The van der Waals surface area contributed by atoms with E-state index < -0.39 is 62.3 Å². The molecular weight excluding hydrogens is 545 g/mol. The summed E-state index contributed by atoms with van der Waals surface area (Å²) in [6.07, 6.45) is -3.87. The van der Waals surface area contributed by atoms with Crippen LogP contribution in [0.15, 0.2) is 39.7 Å². The highest BCUT2D eigenvalue weighted by atomic mass is 32.2. The van der Waals surface area contributed by atoms with Crippen LogP contribution >= 0.6 is 0 Å². The van der Waals surface area contributed by atoms with Crippen molar-refractivity contribution < 1.29 is 35.8 Å². The lowest BCUT2D eigenvalue weighted by Gasteiger charge is -2.26. The van der Waals surface area contributed by atoms with Gasteiger partial charge in [-0.2, -0.15) is 17.5 Å². The Labute approximate surface area is 223 Å². The minimum Gasteiger partial charge on any atom is -0.356 e. The molecule has 2 heterocycles. The first-order valence-electron chi connectivity index (χ1n) is 12.0. The highest BCUT2D eigenvalue weighted by Gasteiger charge is 2.38. The molecule has 1 aliphatic rings. The normalized spacial score (nSPS) is 17.6. The quantitative estimate of drug-likeness (QED) is 0.484. The van der Waals surface area contributed by atoms with Crippen molar-refractivity contribution in [3.05, 3.63) is 47.2 Å². The van der Waals surface area contributed by atoms with Crippen LogP contribution in [0.25, 0.3) is 0 Å². The first-order valence-corrected chi connectivity index (χ1v) is 13.9. The number of nitrogens with two attached hydrogens (primary N) is 1. The second-order valence-corrected chi connectivity index (χ2v) is 12.4. The van der Waals surface area contributed by atoms with E-state index in [2.05, 4.69) is 14.7 Å². The zero-order valence-electron chi connectivity index (χ0n) is 21.9. The maximum absolute atomic E-state index is 13.9. The maximum Gasteiger partial charge on any atom is 0.418 e. The van der Waals surface area contributed by atoms with Gasteiger partial charge in [0.25, 0.3) is 11.8 Å². The number of pyridine rings is 1. The Balaban J connectivity index is 2.03. The van der Waals surface area contributed by atoms with Gasteiger partial charge in [-0.25, -0.2) is 18.0 Å². The lowest BCUT2D eigenvalue weighted by Crippen LogP contribution is -2.40. The van der Waals surface area contributed by atoms with E-state index in [1.165, 1.54) is 49.3 Å². The number of carbonyl (C=O) groups excluding carboxylic acids is 2. The number of hydrogen-bond donors (Lipinski definition) is 2. The predicted octanol–water partition coefficient (Wildman–Crippen LogP) is 5.01. The van der Waals surface area contributed by atoms with Crippen molar-refractivity contribution >= 4 is 33.0 Å². The van der Waals surface area contributed by atoms with Gasteiger partial charge in [-0.3, -0.25) is 9.59 Å². The van der Waals surface area contributed by atoms with Crippen LogP contribution in [0.2, 0.25) is 0 Å². The first-order chi connectivity index (χ1) is 17.8. The molecule has 3 N–H and O–H groups in total. The smallest absolute Gasteiger partial charge is 0.356 e. The molecule has 1 aromatic carbocycles. The Kier molecular flexibility index (Phi) is 8.42. The SMILES string of the molecule is Cc1c(C(F)(F)F)cnc(N2CCCC(F)(F)CC2)c1C(=O)Nc1cccc(S(C)(=O)=NC(=O)C(C)(C)N)c1. The van der Waals surface area contributed by atoms with Crippen molar-refractivity contribution in [3.8, 4) is 0 Å². The van der Waals surface area contributed by atoms with Crippen molar-refractivity contribution in [2.75, 3.05) is 29.6 Å². The van der Waals surface area contributed by atoms with Gasteiger partial charge >= 0.3 is 6.18 Å². The fraction of sp³-hybridized carbons (Fsp3) is 0.480. The summed E-state index contributed by atoms with van der Waals surface area (Å²) in [6.45, 7) is 3.79. The number of amides is 2. The summed E-state index contributed by atoms with van der Waals surface area (Å²) in [6, 6.07) is 5.53. The van der Waals surface area contributed by atoms with Gasteiger partial charge in [-0.15, -0.1) is 0 Å². The third-order valence-electron chi connectivity index (χ3n) is 6.21. The zero-order chi connectivity index (χ0) is 29.4. The van der Waals surface area contributed by atoms with Crippen LogP contribution in [0.5, 0.6) is 0 Å². The maximum atomic E-state index is 13.9. The molecule has 1 aromatic heterocycles. The predicted molar refractivity (Wildman–Crippen MR) is 137 cm³/mol. The van der Waals surface area contributed by atoms with Gasteiger partial charge < -0.3 is 16.0 Å². The number of halogens is 5. The third-order valence-corrected chi connectivity index (χ3v) is 7.85. The van der Waals surface area contributed by atoms with Crippen LogP contribution in [0.4, 0.5) is 33.5 Å². The van der Waals surface area contributed by atoms with Crippen LogP contribution in [0.1, 0.15) is 54.6 Å². The molecule has 2 amide bonds. The van der Waals surface area contributed by atoms with E-state index in [1.807, 2.05) is 0 Å². The number of aromatic nitrogens is 1. The molecule has 3 rings (SSSR count). The average molecular weight is 576 g/mol. The molecule has 1 fully saturated rings. The molecule has 2 aromatic rings. The second-order valence-electron chi connectivity index (χ2n) is 10.1. The van der Waals surface area contributed by atoms with E-state index in [1.54, 1.807) is 0 Å². The number of alkyl halides is 5. The standard InChI is InChI=1S/C25H30F5N5O3S/c1-15-18(25(28,29)30)14-32-20(35-11-6-9-24(26,27)10-12-35)19(15)21(36)33-16-7-5-8-17(13-16)39(4,38)34-22(37)23(2,3)31/h5,7-8,13-14H,6,9-12,31H2,1-4H3,(H,33,36). The number of benzene rings is 1. The Hall–Kier alpha value is -3.13. The van der Waals surface area contributed by atoms with Crippen molar-refractivity contribution in [2.24, 2.45) is 10.1 Å². The highest BCUT2D eigenvalue weighted by molar-refractivity contribution is 7.93. The van der Waals surface area contributed by atoms with Crippen LogP contribution in [-0.2, 0) is 20.7 Å². The topological polar surface area (TPSA) is 118 Å². The molecule has 214 valence electrons. The van der Waals surface area contributed by atoms with Crippen molar-refractivity contribution in [2.45, 2.75) is 62.6 Å². The molecule has 14 heteroatoms. The van der Waals surface area contributed by atoms with Gasteiger partial charge in [0.05, 0.1) is 26.4 Å². The molecular formula is C25H30F5N5O3S. The third kappa shape index (κ3) is 7.29. The number of rotatable bonds is 5. The van der Waals surface area contributed by atoms with Gasteiger partial charge in [-0.05, 0) is 51.0 Å². The van der Waals surface area contributed by atoms with Gasteiger partial charge in [0.15, 0.2) is 0 Å². The minimum absolute atomic E-state index is 0.0601. The van der Waals surface area contributed by atoms with Crippen molar-refractivity contribution in [1.29, 1.82) is 0 Å². The minimum atomic E-state index is -4.81. The van der Waals surface area contributed by atoms with Crippen molar-refractivity contribution in [1.82, 2.24) is 4.98 Å². The van der Waals surface area contributed by atoms with E-state index in [9.17, 15) is 35.8 Å². The summed E-state index contributed by atoms with van der Waals surface area (Å²) in [5, 5.41) is 2.49. The number of nitrogens with one attached hydrogen (secondary N) is 1. The van der Waals surface area contributed by atoms with Gasteiger partial charge in [-0.1, -0.05) is 6.07 Å². The van der Waals surface area contributed by atoms with Gasteiger partial charge in [0.2, 0.25) is 5.92 Å². The fourth-order valence-electron chi connectivity index (χ4n) is 3.99. The fourth-order valence-corrected chi connectivity index (χ4v) is 5.33. The molecule has 1 aliphatic heterocycles.